The molecule has 6 nitrogen and oxygen atoms in total. The highest BCUT2D eigenvalue weighted by Gasteiger charge is 2.33. The van der Waals surface area contributed by atoms with Crippen molar-refractivity contribution in [2.24, 2.45) is 0 Å². The molecule has 168 valence electrons. The molecule has 0 spiro atoms. The van der Waals surface area contributed by atoms with Crippen LogP contribution in [0.3, 0.4) is 0 Å². The van der Waals surface area contributed by atoms with Gasteiger partial charge in [-0.25, -0.2) is 4.98 Å². The van der Waals surface area contributed by atoms with Crippen LogP contribution in [-0.4, -0.2) is 27.2 Å². The molecular weight excluding hydrogens is 447 g/mol. The maximum Gasteiger partial charge on any atom is 0.418 e. The Morgan fingerprint density at radius 3 is 2.56 bits per heavy atom. The lowest BCUT2D eigenvalue weighted by Crippen LogP contribution is -2.33. The predicted octanol–water partition coefficient (Wildman–Crippen LogP) is 4.06. The highest BCUT2D eigenvalue weighted by atomic mass is 35.5. The summed E-state index contributed by atoms with van der Waals surface area (Å²) in [6, 6.07) is 11.0. The Morgan fingerprint density at radius 1 is 1.19 bits per heavy atom. The Hall–Kier alpha value is -3.17. The molecule has 10 heteroatoms. The molecule has 2 aromatic carbocycles. The summed E-state index contributed by atoms with van der Waals surface area (Å²) in [6.45, 7) is 0.711. The average Bonchev–Trinajstić information content (AvgIpc) is 2.72. The number of aromatic nitrogens is 2. The third kappa shape index (κ3) is 5.17. The highest BCUT2D eigenvalue weighted by Crippen LogP contribution is 2.34. The van der Waals surface area contributed by atoms with E-state index in [9.17, 15) is 27.9 Å². The molecule has 0 unspecified atom stereocenters. The molecule has 0 aliphatic heterocycles. The van der Waals surface area contributed by atoms with Crippen molar-refractivity contribution in [2.75, 3.05) is 11.9 Å². The van der Waals surface area contributed by atoms with E-state index in [1.807, 2.05) is 0 Å². The Bertz CT molecular complexity index is 1210. The first-order valence-corrected chi connectivity index (χ1v) is 9.92. The normalized spacial score (nSPS) is 11.4. The molecule has 0 radical (unpaired) electrons. The van der Waals surface area contributed by atoms with Gasteiger partial charge in [0.25, 0.3) is 5.56 Å². The molecule has 0 aliphatic carbocycles. The second-order valence-corrected chi connectivity index (χ2v) is 7.40. The van der Waals surface area contributed by atoms with Crippen LogP contribution in [0.4, 0.5) is 18.9 Å². The van der Waals surface area contributed by atoms with Crippen molar-refractivity contribution in [1.82, 2.24) is 9.55 Å². The number of alkyl halides is 3. The van der Waals surface area contributed by atoms with Gasteiger partial charge in [0.1, 0.15) is 12.4 Å². The van der Waals surface area contributed by atoms with Gasteiger partial charge in [-0.05, 0) is 31.2 Å². The summed E-state index contributed by atoms with van der Waals surface area (Å²) < 4.78 is 40.8. The summed E-state index contributed by atoms with van der Waals surface area (Å²) in [6.07, 6.45) is -4.64. The number of para-hydroxylation sites is 1. The molecule has 0 fully saturated rings. The number of rotatable bonds is 6. The minimum atomic E-state index is -4.66. The molecule has 2 N–H and O–H groups in total. The van der Waals surface area contributed by atoms with Crippen LogP contribution < -0.4 is 10.9 Å². The Labute approximate surface area is 186 Å². The van der Waals surface area contributed by atoms with Gasteiger partial charge in [-0.3, -0.25) is 14.2 Å². The summed E-state index contributed by atoms with van der Waals surface area (Å²) in [5, 5.41) is 11.9. The minimum absolute atomic E-state index is 0.0199. The average molecular weight is 466 g/mol. The number of benzene rings is 2. The molecule has 3 rings (SSSR count). The molecule has 32 heavy (non-hydrogen) atoms. The lowest BCUT2D eigenvalue weighted by molar-refractivity contribution is -0.137. The summed E-state index contributed by atoms with van der Waals surface area (Å²) in [4.78, 5) is 30.2. The van der Waals surface area contributed by atoms with Crippen molar-refractivity contribution in [3.63, 3.8) is 0 Å². The van der Waals surface area contributed by atoms with Crippen molar-refractivity contribution in [1.29, 1.82) is 0 Å². The van der Waals surface area contributed by atoms with E-state index in [0.29, 0.717) is 16.3 Å². The van der Waals surface area contributed by atoms with Gasteiger partial charge in [0.2, 0.25) is 5.91 Å². The molecule has 0 aliphatic rings. The second-order valence-electron chi connectivity index (χ2n) is 6.97. The Kier molecular flexibility index (Phi) is 7.00. The standard InChI is InChI=1S/C22H19ClF3N3O3/c1-13-16(9-10-30)21(32)29(20(27-13)14-5-4-6-15(23)11-14)12-19(31)28-18-8-3-2-7-17(18)22(24,25)26/h2-8,11,30H,9-10,12H2,1H3,(H,28,31). The first-order chi connectivity index (χ1) is 15.1. The van der Waals surface area contributed by atoms with Gasteiger partial charge >= 0.3 is 6.18 Å². The number of halogens is 4. The van der Waals surface area contributed by atoms with Crippen molar-refractivity contribution in [2.45, 2.75) is 26.1 Å². The number of anilines is 1. The first kappa shape index (κ1) is 23.5. The van der Waals surface area contributed by atoms with Gasteiger partial charge in [0, 0.05) is 34.9 Å². The van der Waals surface area contributed by atoms with E-state index in [0.717, 1.165) is 16.7 Å². The largest absolute Gasteiger partial charge is 0.418 e. The molecule has 0 saturated carbocycles. The molecule has 1 heterocycles. The van der Waals surface area contributed by atoms with Crippen LogP contribution in [-0.2, 0) is 23.9 Å². The zero-order chi connectivity index (χ0) is 23.5. The van der Waals surface area contributed by atoms with Crippen molar-refractivity contribution in [3.8, 4) is 11.4 Å². The van der Waals surface area contributed by atoms with Gasteiger partial charge in [0.15, 0.2) is 0 Å². The number of hydrogen-bond acceptors (Lipinski definition) is 4. The zero-order valence-electron chi connectivity index (χ0n) is 16.9. The van der Waals surface area contributed by atoms with E-state index in [2.05, 4.69) is 10.3 Å². The number of aryl methyl sites for hydroxylation is 1. The van der Waals surface area contributed by atoms with Gasteiger partial charge in [-0.2, -0.15) is 13.2 Å². The number of carbonyl (C=O) groups excluding carboxylic acids is 1. The van der Waals surface area contributed by atoms with Crippen LogP contribution in [0.2, 0.25) is 5.02 Å². The summed E-state index contributed by atoms with van der Waals surface area (Å²) >= 11 is 6.05. The second kappa shape index (κ2) is 9.54. The maximum atomic E-state index is 13.2. The van der Waals surface area contributed by atoms with Crippen LogP contribution in [0.15, 0.2) is 53.3 Å². The number of hydrogen-bond donors (Lipinski definition) is 2. The Balaban J connectivity index is 2.04. The fourth-order valence-electron chi connectivity index (χ4n) is 3.27. The van der Waals surface area contributed by atoms with E-state index in [4.69, 9.17) is 11.6 Å². The van der Waals surface area contributed by atoms with Crippen molar-refractivity contribution >= 4 is 23.2 Å². The van der Waals surface area contributed by atoms with Crippen molar-refractivity contribution < 1.29 is 23.1 Å². The number of aliphatic hydroxyl groups is 1. The molecule has 0 saturated heterocycles. The highest BCUT2D eigenvalue weighted by molar-refractivity contribution is 6.30. The monoisotopic (exact) mass is 465 g/mol. The number of nitrogens with zero attached hydrogens (tertiary/aromatic N) is 2. The SMILES string of the molecule is Cc1nc(-c2cccc(Cl)c2)n(CC(=O)Nc2ccccc2C(F)(F)F)c(=O)c1CCO. The molecular formula is C22H19ClF3N3O3. The molecule has 1 aromatic heterocycles. The van der Waals surface area contributed by atoms with Gasteiger partial charge < -0.3 is 10.4 Å². The molecule has 3 aromatic rings. The molecule has 0 bridgehead atoms. The number of aliphatic hydroxyl groups excluding tert-OH is 1. The van der Waals surface area contributed by atoms with E-state index in [1.165, 1.54) is 12.1 Å². The quantitative estimate of drug-likeness (QED) is 0.575. The van der Waals surface area contributed by atoms with Crippen LogP contribution in [0.5, 0.6) is 0 Å². The van der Waals surface area contributed by atoms with Crippen LogP contribution >= 0.6 is 11.6 Å². The van der Waals surface area contributed by atoms with Gasteiger partial charge in [0.05, 0.1) is 11.3 Å². The summed E-state index contributed by atoms with van der Waals surface area (Å²) in [5.74, 6) is -0.705. The van der Waals surface area contributed by atoms with Gasteiger partial charge in [-0.15, -0.1) is 0 Å². The lowest BCUT2D eigenvalue weighted by atomic mass is 10.1. The number of amides is 1. The van der Waals surface area contributed by atoms with E-state index in [-0.39, 0.29) is 24.4 Å². The number of nitrogens with one attached hydrogen (secondary N) is 1. The smallest absolute Gasteiger partial charge is 0.396 e. The fraction of sp³-hybridized carbons (Fsp3) is 0.227. The van der Waals surface area contributed by atoms with E-state index < -0.39 is 35.4 Å². The molecule has 1 amide bonds. The molecule has 0 atom stereocenters. The lowest BCUT2D eigenvalue weighted by Gasteiger charge is -2.17. The number of carbonyl (C=O) groups is 1. The van der Waals surface area contributed by atoms with Gasteiger partial charge in [-0.1, -0.05) is 35.9 Å². The maximum absolute atomic E-state index is 13.2. The third-order valence-corrected chi connectivity index (χ3v) is 4.96. The van der Waals surface area contributed by atoms with Crippen LogP contribution in [0, 0.1) is 6.92 Å². The zero-order valence-corrected chi connectivity index (χ0v) is 17.7. The minimum Gasteiger partial charge on any atom is -0.396 e. The topological polar surface area (TPSA) is 84.2 Å². The van der Waals surface area contributed by atoms with Crippen LogP contribution in [0.1, 0.15) is 16.8 Å². The predicted molar refractivity (Wildman–Crippen MR) is 115 cm³/mol. The first-order valence-electron chi connectivity index (χ1n) is 9.55. The summed E-state index contributed by atoms with van der Waals surface area (Å²) in [7, 11) is 0. The summed E-state index contributed by atoms with van der Waals surface area (Å²) in [5.41, 5.74) is -0.950. The van der Waals surface area contributed by atoms with Crippen molar-refractivity contribution in [3.05, 3.63) is 80.7 Å². The fourth-order valence-corrected chi connectivity index (χ4v) is 3.46. The van der Waals surface area contributed by atoms with E-state index in [1.54, 1.807) is 31.2 Å². The van der Waals surface area contributed by atoms with Crippen LogP contribution in [0.25, 0.3) is 11.4 Å². The third-order valence-electron chi connectivity index (χ3n) is 4.72. The van der Waals surface area contributed by atoms with E-state index >= 15 is 0 Å². The Morgan fingerprint density at radius 2 is 1.91 bits per heavy atom.